The maximum Gasteiger partial charge on any atom is 0.335 e. The predicted octanol–water partition coefficient (Wildman–Crippen LogP) is 1.35. The number of carboxylic acid groups (broad SMARTS) is 1. The molecule has 1 rings (SSSR count). The first-order valence-corrected chi connectivity index (χ1v) is 7.18. The summed E-state index contributed by atoms with van der Waals surface area (Å²) in [6.45, 7) is 1.81. The molecule has 8 heteroatoms. The maximum absolute atomic E-state index is 12.1. The summed E-state index contributed by atoms with van der Waals surface area (Å²) >= 11 is 5.80. The molecule has 0 aliphatic heterocycles. The molecule has 0 heterocycles. The van der Waals surface area contributed by atoms with Gasteiger partial charge in [0.15, 0.2) is 0 Å². The van der Waals surface area contributed by atoms with Crippen molar-refractivity contribution in [2.24, 2.45) is 0 Å². The lowest BCUT2D eigenvalue weighted by atomic mass is 10.2. The van der Waals surface area contributed by atoms with Gasteiger partial charge in [-0.2, -0.15) is 0 Å². The van der Waals surface area contributed by atoms with Crippen molar-refractivity contribution >= 4 is 27.6 Å². The van der Waals surface area contributed by atoms with Gasteiger partial charge >= 0.3 is 5.97 Å². The highest BCUT2D eigenvalue weighted by Crippen LogP contribution is 2.22. The first-order valence-electron chi connectivity index (χ1n) is 5.32. The summed E-state index contributed by atoms with van der Waals surface area (Å²) in [5.41, 5.74) is -0.149. The molecule has 0 bridgehead atoms. The monoisotopic (exact) mass is 307 g/mol. The number of carbonyl (C=O) groups is 1. The fourth-order valence-corrected chi connectivity index (χ4v) is 3.21. The van der Waals surface area contributed by atoms with Gasteiger partial charge in [-0.25, -0.2) is 17.9 Å². The quantitative estimate of drug-likeness (QED) is 0.827. The van der Waals surface area contributed by atoms with E-state index >= 15 is 0 Å². The summed E-state index contributed by atoms with van der Waals surface area (Å²) in [6.07, 6.45) is 0. The van der Waals surface area contributed by atoms with Crippen molar-refractivity contribution in [1.29, 1.82) is 0 Å². The summed E-state index contributed by atoms with van der Waals surface area (Å²) in [6, 6.07) is 3.04. The van der Waals surface area contributed by atoms with Crippen LogP contribution >= 0.6 is 11.6 Å². The van der Waals surface area contributed by atoms with Gasteiger partial charge in [-0.3, -0.25) is 0 Å². The van der Waals surface area contributed by atoms with Gasteiger partial charge in [0.05, 0.1) is 17.2 Å². The van der Waals surface area contributed by atoms with Gasteiger partial charge in [0.1, 0.15) is 4.90 Å². The number of sulfonamides is 1. The molecule has 1 aromatic rings. The van der Waals surface area contributed by atoms with Crippen LogP contribution in [0, 0.1) is 0 Å². The SMILES string of the molecule is COC[C@@H](C)NS(=O)(=O)c1cc(C(=O)O)ccc1Cl. The predicted molar refractivity (Wildman–Crippen MR) is 70.1 cm³/mol. The number of methoxy groups -OCH3 is 1. The molecule has 2 N–H and O–H groups in total. The third-order valence-electron chi connectivity index (χ3n) is 2.24. The summed E-state index contributed by atoms with van der Waals surface area (Å²) < 4.78 is 31.3. The van der Waals surface area contributed by atoms with Gasteiger partial charge in [-0.1, -0.05) is 11.6 Å². The van der Waals surface area contributed by atoms with Gasteiger partial charge < -0.3 is 9.84 Å². The minimum atomic E-state index is -3.89. The number of benzene rings is 1. The van der Waals surface area contributed by atoms with Gasteiger partial charge in [0, 0.05) is 13.2 Å². The molecule has 0 amide bonds. The van der Waals surface area contributed by atoms with Gasteiger partial charge in [-0.15, -0.1) is 0 Å². The molecule has 6 nitrogen and oxygen atoms in total. The van der Waals surface area contributed by atoms with Crippen LogP contribution in [0.4, 0.5) is 0 Å². The zero-order chi connectivity index (χ0) is 14.6. The molecule has 0 saturated carbocycles. The molecule has 1 atom stereocenters. The third-order valence-corrected chi connectivity index (χ3v) is 4.31. The van der Waals surface area contributed by atoms with Crippen LogP contribution in [0.5, 0.6) is 0 Å². The zero-order valence-electron chi connectivity index (χ0n) is 10.4. The van der Waals surface area contributed by atoms with Gasteiger partial charge in [0.2, 0.25) is 10.0 Å². The lowest BCUT2D eigenvalue weighted by molar-refractivity contribution is 0.0696. The lowest BCUT2D eigenvalue weighted by Crippen LogP contribution is -2.35. The Kier molecular flexibility index (Phi) is 5.30. The highest BCUT2D eigenvalue weighted by atomic mass is 35.5. The van der Waals surface area contributed by atoms with Crippen molar-refractivity contribution in [2.45, 2.75) is 17.9 Å². The molecular weight excluding hydrogens is 294 g/mol. The molecule has 19 heavy (non-hydrogen) atoms. The van der Waals surface area contributed by atoms with E-state index in [1.54, 1.807) is 6.92 Å². The molecule has 0 unspecified atom stereocenters. The fourth-order valence-electron chi connectivity index (χ4n) is 1.45. The average Bonchev–Trinajstić information content (AvgIpc) is 2.28. The van der Waals surface area contributed by atoms with Crippen molar-refractivity contribution in [2.75, 3.05) is 13.7 Å². The summed E-state index contributed by atoms with van der Waals surface area (Å²) in [7, 11) is -2.45. The maximum atomic E-state index is 12.1. The smallest absolute Gasteiger partial charge is 0.335 e. The van der Waals surface area contributed by atoms with Gasteiger partial charge in [-0.05, 0) is 25.1 Å². The topological polar surface area (TPSA) is 92.7 Å². The molecule has 0 radical (unpaired) electrons. The summed E-state index contributed by atoms with van der Waals surface area (Å²) in [4.78, 5) is 10.6. The normalized spacial score (nSPS) is 13.2. The van der Waals surface area contributed by atoms with E-state index in [2.05, 4.69) is 4.72 Å². The van der Waals surface area contributed by atoms with Crippen LogP contribution in [-0.4, -0.2) is 39.3 Å². The second kappa shape index (κ2) is 6.33. The Hall–Kier alpha value is -1.15. The number of aromatic carboxylic acids is 1. The number of hydrogen-bond acceptors (Lipinski definition) is 4. The van der Waals surface area contributed by atoms with E-state index in [9.17, 15) is 13.2 Å². The molecule has 1 aromatic carbocycles. The van der Waals surface area contributed by atoms with Crippen molar-refractivity contribution in [1.82, 2.24) is 4.72 Å². The first-order chi connectivity index (χ1) is 8.77. The highest BCUT2D eigenvalue weighted by Gasteiger charge is 2.22. The molecule has 106 valence electrons. The minimum absolute atomic E-state index is 0.0397. The van der Waals surface area contributed by atoms with E-state index in [0.29, 0.717) is 0 Å². The number of nitrogens with one attached hydrogen (secondary N) is 1. The largest absolute Gasteiger partial charge is 0.478 e. The Balaban J connectivity index is 3.13. The summed E-state index contributed by atoms with van der Waals surface area (Å²) in [5.74, 6) is -1.22. The van der Waals surface area contributed by atoms with Crippen LogP contribution in [0.3, 0.4) is 0 Å². The van der Waals surface area contributed by atoms with E-state index in [1.807, 2.05) is 0 Å². The van der Waals surface area contributed by atoms with Crippen LogP contribution < -0.4 is 4.72 Å². The molecule has 0 aliphatic carbocycles. The average molecular weight is 308 g/mol. The third kappa shape index (κ3) is 4.17. The first kappa shape index (κ1) is 15.9. The number of rotatable bonds is 6. The minimum Gasteiger partial charge on any atom is -0.478 e. The van der Waals surface area contributed by atoms with Gasteiger partial charge in [0.25, 0.3) is 0 Å². The molecule has 0 aliphatic rings. The Morgan fingerprint density at radius 2 is 2.16 bits per heavy atom. The van der Waals surface area contributed by atoms with Crippen molar-refractivity contribution in [3.8, 4) is 0 Å². The van der Waals surface area contributed by atoms with Crippen molar-refractivity contribution < 1.29 is 23.1 Å². The molecule has 0 fully saturated rings. The number of halogens is 1. The second-order valence-electron chi connectivity index (χ2n) is 3.93. The molecular formula is C11H14ClNO5S. The van der Waals surface area contributed by atoms with E-state index in [1.165, 1.54) is 19.2 Å². The van der Waals surface area contributed by atoms with Crippen molar-refractivity contribution in [3.05, 3.63) is 28.8 Å². The summed E-state index contributed by atoms with van der Waals surface area (Å²) in [5, 5.41) is 8.81. The molecule has 0 aromatic heterocycles. The highest BCUT2D eigenvalue weighted by molar-refractivity contribution is 7.89. The standard InChI is InChI=1S/C11H14ClNO5S/c1-7(6-18-2)13-19(16,17)10-5-8(11(14)15)3-4-9(10)12/h3-5,7,13H,6H2,1-2H3,(H,14,15)/t7-/m1/s1. The number of ether oxygens (including phenoxy) is 1. The second-order valence-corrected chi connectivity index (χ2v) is 6.02. The van der Waals surface area contributed by atoms with E-state index in [4.69, 9.17) is 21.4 Å². The molecule has 0 saturated heterocycles. The van der Waals surface area contributed by atoms with E-state index in [0.717, 1.165) is 6.07 Å². The Morgan fingerprint density at radius 3 is 2.68 bits per heavy atom. The molecule has 0 spiro atoms. The Bertz CT molecular complexity index is 572. The van der Waals surface area contributed by atoms with Crippen LogP contribution in [0.15, 0.2) is 23.1 Å². The number of hydrogen-bond donors (Lipinski definition) is 2. The number of carboxylic acids is 1. The van der Waals surface area contributed by atoms with Crippen LogP contribution in [0.25, 0.3) is 0 Å². The lowest BCUT2D eigenvalue weighted by Gasteiger charge is -2.14. The van der Waals surface area contributed by atoms with Crippen LogP contribution in [0.1, 0.15) is 17.3 Å². The van der Waals surface area contributed by atoms with E-state index in [-0.39, 0.29) is 22.1 Å². The van der Waals surface area contributed by atoms with Crippen LogP contribution in [-0.2, 0) is 14.8 Å². The fraction of sp³-hybridized carbons (Fsp3) is 0.364. The zero-order valence-corrected chi connectivity index (χ0v) is 12.0. The Labute approximate surface area is 116 Å². The van der Waals surface area contributed by atoms with Crippen molar-refractivity contribution in [3.63, 3.8) is 0 Å². The van der Waals surface area contributed by atoms with Crippen LogP contribution in [0.2, 0.25) is 5.02 Å². The van der Waals surface area contributed by atoms with E-state index < -0.39 is 22.0 Å². The Morgan fingerprint density at radius 1 is 1.53 bits per heavy atom.